The van der Waals surface area contributed by atoms with Gasteiger partial charge in [-0.3, -0.25) is 9.59 Å². The molecule has 2 aromatic carbocycles. The van der Waals surface area contributed by atoms with Crippen molar-refractivity contribution >= 4 is 33.3 Å². The fourth-order valence-corrected chi connectivity index (χ4v) is 4.08. The molecule has 116 valence electrons. The quantitative estimate of drug-likeness (QED) is 0.830. The van der Waals surface area contributed by atoms with E-state index in [4.69, 9.17) is 4.74 Å². The van der Waals surface area contributed by atoms with Gasteiger partial charge >= 0.3 is 0 Å². The van der Waals surface area contributed by atoms with E-state index in [-0.39, 0.29) is 18.1 Å². The Labute approximate surface area is 142 Å². The summed E-state index contributed by atoms with van der Waals surface area (Å²) in [4.78, 5) is 25.1. The number of ether oxygens (including phenoxy) is 1. The minimum absolute atomic E-state index is 0.0313. The number of anilines is 1. The molecule has 1 N–H and O–H groups in total. The average molecular weight is 372 g/mol. The van der Waals surface area contributed by atoms with Crippen LogP contribution in [-0.2, 0) is 19.9 Å². The van der Waals surface area contributed by atoms with E-state index < -0.39 is 11.7 Å². The fraction of sp³-hybridized carbons (Fsp3) is 0.222. The smallest absolute Gasteiger partial charge is 0.261 e. The first kappa shape index (κ1) is 14.6. The van der Waals surface area contributed by atoms with Gasteiger partial charge in [0, 0.05) is 28.6 Å². The third-order valence-corrected chi connectivity index (χ3v) is 5.07. The predicted octanol–water partition coefficient (Wildman–Crippen LogP) is 3.72. The van der Waals surface area contributed by atoms with Gasteiger partial charge in [0.2, 0.25) is 0 Å². The van der Waals surface area contributed by atoms with Crippen molar-refractivity contribution in [3.63, 3.8) is 0 Å². The van der Waals surface area contributed by atoms with Gasteiger partial charge in [-0.15, -0.1) is 0 Å². The summed E-state index contributed by atoms with van der Waals surface area (Å²) in [5, 5.41) is 2.85. The number of fused-ring (bicyclic) bond motifs is 2. The number of carbonyl (C=O) groups is 2. The molecule has 1 unspecified atom stereocenters. The van der Waals surface area contributed by atoms with Crippen LogP contribution in [0, 0.1) is 0 Å². The van der Waals surface area contributed by atoms with Gasteiger partial charge in [0.05, 0.1) is 6.10 Å². The largest absolute Gasteiger partial charge is 0.351 e. The molecule has 1 fully saturated rings. The molecule has 23 heavy (non-hydrogen) atoms. The van der Waals surface area contributed by atoms with Crippen LogP contribution in [0.25, 0.3) is 0 Å². The number of amides is 1. The number of hydrogen-bond acceptors (Lipinski definition) is 3. The molecule has 1 saturated heterocycles. The third-order valence-electron chi connectivity index (χ3n) is 4.41. The number of carbonyl (C=O) groups excluding carboxylic acids is 2. The molecular formula is C18H14BrNO3. The highest BCUT2D eigenvalue weighted by molar-refractivity contribution is 9.10. The molecule has 1 spiro atoms. The molecule has 2 heterocycles. The monoisotopic (exact) mass is 371 g/mol. The molecular weight excluding hydrogens is 358 g/mol. The number of benzene rings is 2. The Kier molecular flexibility index (Phi) is 3.36. The van der Waals surface area contributed by atoms with Gasteiger partial charge in [-0.25, -0.2) is 0 Å². The number of Topliss-reactive ketones (excluding diaryl/α,β-unsaturated/α-hetero) is 1. The van der Waals surface area contributed by atoms with E-state index in [1.807, 2.05) is 48.5 Å². The normalized spacial score (nSPS) is 26.2. The molecule has 4 rings (SSSR count). The highest BCUT2D eigenvalue weighted by Gasteiger charge is 2.54. The lowest BCUT2D eigenvalue weighted by Crippen LogP contribution is -2.44. The van der Waals surface area contributed by atoms with Crippen molar-refractivity contribution in [2.24, 2.45) is 0 Å². The van der Waals surface area contributed by atoms with Crippen LogP contribution in [0.1, 0.15) is 30.1 Å². The maximum absolute atomic E-state index is 12.7. The van der Waals surface area contributed by atoms with E-state index in [1.54, 1.807) is 0 Å². The molecule has 0 aliphatic carbocycles. The van der Waals surface area contributed by atoms with E-state index in [1.165, 1.54) is 0 Å². The van der Waals surface area contributed by atoms with Crippen molar-refractivity contribution in [3.05, 3.63) is 64.1 Å². The zero-order chi connectivity index (χ0) is 16.0. The summed E-state index contributed by atoms with van der Waals surface area (Å²) >= 11 is 3.50. The van der Waals surface area contributed by atoms with Crippen molar-refractivity contribution in [2.75, 3.05) is 5.32 Å². The van der Waals surface area contributed by atoms with Gasteiger partial charge in [0.1, 0.15) is 5.78 Å². The third kappa shape index (κ3) is 2.23. The second-order valence-corrected chi connectivity index (χ2v) is 6.73. The lowest BCUT2D eigenvalue weighted by Gasteiger charge is -2.36. The van der Waals surface area contributed by atoms with E-state index in [0.29, 0.717) is 12.1 Å². The van der Waals surface area contributed by atoms with Gasteiger partial charge in [0.25, 0.3) is 5.91 Å². The molecule has 0 saturated carbocycles. The van der Waals surface area contributed by atoms with Crippen LogP contribution in [0.4, 0.5) is 5.69 Å². The van der Waals surface area contributed by atoms with Gasteiger partial charge in [-0.05, 0) is 17.7 Å². The first-order valence-corrected chi connectivity index (χ1v) is 8.24. The Bertz CT molecular complexity index is 805. The highest BCUT2D eigenvalue weighted by Crippen LogP contribution is 2.50. The Balaban J connectivity index is 1.82. The van der Waals surface area contributed by atoms with Crippen LogP contribution in [0.3, 0.4) is 0 Å². The summed E-state index contributed by atoms with van der Waals surface area (Å²) in [6.45, 7) is 0. The van der Waals surface area contributed by atoms with Crippen molar-refractivity contribution in [1.82, 2.24) is 0 Å². The molecule has 0 radical (unpaired) electrons. The molecule has 1 amide bonds. The molecule has 0 bridgehead atoms. The fourth-order valence-electron chi connectivity index (χ4n) is 3.39. The van der Waals surface area contributed by atoms with Gasteiger partial charge in [-0.1, -0.05) is 52.3 Å². The predicted molar refractivity (Wildman–Crippen MR) is 89.0 cm³/mol. The first-order chi connectivity index (χ1) is 11.1. The maximum Gasteiger partial charge on any atom is 0.261 e. The summed E-state index contributed by atoms with van der Waals surface area (Å²) in [7, 11) is 0. The molecule has 4 nitrogen and oxygen atoms in total. The van der Waals surface area contributed by atoms with E-state index >= 15 is 0 Å². The van der Waals surface area contributed by atoms with Crippen LogP contribution in [0.5, 0.6) is 0 Å². The molecule has 5 heteroatoms. The van der Waals surface area contributed by atoms with Crippen molar-refractivity contribution in [2.45, 2.75) is 24.5 Å². The molecule has 2 aliphatic heterocycles. The zero-order valence-electron chi connectivity index (χ0n) is 12.2. The Morgan fingerprint density at radius 1 is 1.09 bits per heavy atom. The second kappa shape index (κ2) is 5.28. The number of rotatable bonds is 1. The highest BCUT2D eigenvalue weighted by atomic mass is 79.9. The molecule has 2 aliphatic rings. The average Bonchev–Trinajstić information content (AvgIpc) is 2.80. The van der Waals surface area contributed by atoms with Crippen molar-refractivity contribution in [3.8, 4) is 0 Å². The van der Waals surface area contributed by atoms with Gasteiger partial charge < -0.3 is 10.1 Å². The summed E-state index contributed by atoms with van der Waals surface area (Å²) in [6.07, 6.45) is -0.0578. The first-order valence-electron chi connectivity index (χ1n) is 7.45. The minimum atomic E-state index is -1.24. The second-order valence-electron chi connectivity index (χ2n) is 5.88. The number of nitrogens with one attached hydrogen (secondary N) is 1. The summed E-state index contributed by atoms with van der Waals surface area (Å²) in [6, 6.07) is 15.1. The van der Waals surface area contributed by atoms with Crippen LogP contribution in [0.2, 0.25) is 0 Å². The standard InChI is InChI=1S/C18H14BrNO3/c19-13-7-4-8-14-16(13)18(17(22)20-14)10-12(21)9-15(23-18)11-5-2-1-3-6-11/h1-8,15H,9-10H2,(H,20,22)/t15?,18-/m0/s1. The minimum Gasteiger partial charge on any atom is -0.351 e. The SMILES string of the molecule is O=C1CC(c2ccccc2)O[C@]2(C1)C(=O)Nc1cccc(Br)c12. The lowest BCUT2D eigenvalue weighted by atomic mass is 9.84. The molecule has 2 aromatic rings. The zero-order valence-corrected chi connectivity index (χ0v) is 13.8. The number of hydrogen-bond donors (Lipinski definition) is 1. The number of ketones is 1. The number of halogens is 1. The maximum atomic E-state index is 12.7. The van der Waals surface area contributed by atoms with Crippen LogP contribution >= 0.6 is 15.9 Å². The van der Waals surface area contributed by atoms with Crippen molar-refractivity contribution in [1.29, 1.82) is 0 Å². The van der Waals surface area contributed by atoms with Crippen LogP contribution in [-0.4, -0.2) is 11.7 Å². The van der Waals surface area contributed by atoms with Crippen LogP contribution in [0.15, 0.2) is 53.0 Å². The summed E-state index contributed by atoms with van der Waals surface area (Å²) in [5.41, 5.74) is 1.09. The van der Waals surface area contributed by atoms with E-state index in [0.717, 1.165) is 15.6 Å². The topological polar surface area (TPSA) is 55.4 Å². The molecule has 2 atom stereocenters. The Morgan fingerprint density at radius 3 is 2.65 bits per heavy atom. The van der Waals surface area contributed by atoms with E-state index in [2.05, 4.69) is 21.2 Å². The lowest BCUT2D eigenvalue weighted by molar-refractivity contribution is -0.170. The van der Waals surface area contributed by atoms with Gasteiger partial charge in [0.15, 0.2) is 5.60 Å². The Morgan fingerprint density at radius 2 is 1.87 bits per heavy atom. The summed E-state index contributed by atoms with van der Waals surface area (Å²) < 4.78 is 7.02. The molecule has 0 aromatic heterocycles. The van der Waals surface area contributed by atoms with E-state index in [9.17, 15) is 9.59 Å². The Hall–Kier alpha value is -1.98. The summed E-state index contributed by atoms with van der Waals surface area (Å²) in [5.74, 6) is -0.239. The van der Waals surface area contributed by atoms with Crippen molar-refractivity contribution < 1.29 is 14.3 Å². The van der Waals surface area contributed by atoms with Crippen LogP contribution < -0.4 is 5.32 Å². The van der Waals surface area contributed by atoms with Gasteiger partial charge in [-0.2, -0.15) is 0 Å².